The average molecular weight is 485 g/mol. The topological polar surface area (TPSA) is 113 Å². The number of hydrogen-bond acceptors (Lipinski definition) is 7. The van der Waals surface area contributed by atoms with E-state index in [9.17, 15) is 19.7 Å². The van der Waals surface area contributed by atoms with Crippen LogP contribution in [-0.4, -0.2) is 28.0 Å². The highest BCUT2D eigenvalue weighted by Crippen LogP contribution is 2.38. The predicted octanol–water partition coefficient (Wildman–Crippen LogP) is 5.25. The molecule has 0 spiro atoms. The van der Waals surface area contributed by atoms with Crippen LogP contribution in [0.15, 0.2) is 78.0 Å². The molecule has 0 aliphatic carbocycles. The third-order valence-electron chi connectivity index (χ3n) is 6.22. The fourth-order valence-corrected chi connectivity index (χ4v) is 4.62. The molecular formula is C27H23N3O6. The minimum atomic E-state index is -1.05. The second-order valence-corrected chi connectivity index (χ2v) is 8.26. The molecule has 36 heavy (non-hydrogen) atoms. The highest BCUT2D eigenvalue weighted by molar-refractivity contribution is 6.10. The normalized spacial score (nSPS) is 15.4. The highest BCUT2D eigenvalue weighted by Gasteiger charge is 2.40. The third kappa shape index (κ3) is 3.84. The summed E-state index contributed by atoms with van der Waals surface area (Å²) in [5.41, 5.74) is 3.10. The molecule has 0 saturated heterocycles. The molecule has 5 rings (SSSR count). The van der Waals surface area contributed by atoms with Gasteiger partial charge in [0.1, 0.15) is 11.3 Å². The molecule has 1 atom stereocenters. The SMILES string of the molecule is CCOC(=O)C1=C(Nc2ccc3c(c2)c2ccccc2n3CC)C(=O)OC1c1ccc([N+](=O)[O-])cc1. The Morgan fingerprint density at radius 3 is 2.47 bits per heavy atom. The van der Waals surface area contributed by atoms with Crippen LogP contribution in [0.3, 0.4) is 0 Å². The van der Waals surface area contributed by atoms with E-state index in [1.54, 1.807) is 6.92 Å². The van der Waals surface area contributed by atoms with Crippen molar-refractivity contribution in [3.05, 3.63) is 93.7 Å². The van der Waals surface area contributed by atoms with Crippen molar-refractivity contribution in [3.63, 3.8) is 0 Å². The van der Waals surface area contributed by atoms with Crippen LogP contribution in [0.1, 0.15) is 25.5 Å². The van der Waals surface area contributed by atoms with Gasteiger partial charge in [-0.2, -0.15) is 0 Å². The van der Waals surface area contributed by atoms with Gasteiger partial charge in [-0.05, 0) is 55.8 Å². The molecule has 9 heteroatoms. The Hall–Kier alpha value is -4.66. The van der Waals surface area contributed by atoms with E-state index in [1.807, 2.05) is 36.4 Å². The number of aryl methyl sites for hydroxylation is 1. The molecule has 0 radical (unpaired) electrons. The highest BCUT2D eigenvalue weighted by atomic mass is 16.6. The number of esters is 2. The van der Waals surface area contributed by atoms with Crippen molar-refractivity contribution in [3.8, 4) is 0 Å². The van der Waals surface area contributed by atoms with E-state index in [2.05, 4.69) is 22.9 Å². The van der Waals surface area contributed by atoms with E-state index in [0.29, 0.717) is 11.3 Å². The molecule has 1 aliphatic rings. The Kier molecular flexibility index (Phi) is 5.89. The maximum absolute atomic E-state index is 12.9. The number of nitro benzene ring substituents is 1. The lowest BCUT2D eigenvalue weighted by Gasteiger charge is -2.13. The monoisotopic (exact) mass is 485 g/mol. The fourth-order valence-electron chi connectivity index (χ4n) is 4.62. The number of carbonyl (C=O) groups is 2. The van der Waals surface area contributed by atoms with Crippen LogP contribution in [0.4, 0.5) is 11.4 Å². The van der Waals surface area contributed by atoms with Gasteiger partial charge in [0.15, 0.2) is 6.10 Å². The number of ether oxygens (including phenoxy) is 2. The molecule has 1 N–H and O–H groups in total. The van der Waals surface area contributed by atoms with Crippen molar-refractivity contribution in [2.24, 2.45) is 0 Å². The first-order chi connectivity index (χ1) is 17.4. The molecule has 2 heterocycles. The molecule has 1 aliphatic heterocycles. The van der Waals surface area contributed by atoms with Crippen LogP contribution in [-0.2, 0) is 25.6 Å². The zero-order valence-electron chi connectivity index (χ0n) is 19.7. The van der Waals surface area contributed by atoms with Gasteiger partial charge >= 0.3 is 11.9 Å². The van der Waals surface area contributed by atoms with Gasteiger partial charge in [-0.3, -0.25) is 10.1 Å². The van der Waals surface area contributed by atoms with E-state index in [0.717, 1.165) is 28.4 Å². The van der Waals surface area contributed by atoms with Gasteiger partial charge < -0.3 is 19.4 Å². The Balaban J connectivity index is 1.58. The van der Waals surface area contributed by atoms with Crippen LogP contribution in [0.5, 0.6) is 0 Å². The standard InChI is InChI=1S/C27H23N3O6/c1-3-29-21-8-6-5-7-19(21)20-15-17(11-14-22(20)29)28-24-23(26(31)35-4-2)25(36-27(24)32)16-9-12-18(13-10-16)30(33)34/h5-15,25,28H,3-4H2,1-2H3. The third-order valence-corrected chi connectivity index (χ3v) is 6.22. The Labute approximate surface area is 206 Å². The Morgan fingerprint density at radius 2 is 1.78 bits per heavy atom. The number of anilines is 1. The largest absolute Gasteiger partial charge is 0.462 e. The minimum absolute atomic E-state index is 0.0182. The predicted molar refractivity (Wildman–Crippen MR) is 134 cm³/mol. The van der Waals surface area contributed by atoms with Gasteiger partial charge in [0.25, 0.3) is 5.69 Å². The summed E-state index contributed by atoms with van der Waals surface area (Å²) < 4.78 is 13.0. The van der Waals surface area contributed by atoms with Crippen molar-refractivity contribution >= 4 is 45.1 Å². The lowest BCUT2D eigenvalue weighted by molar-refractivity contribution is -0.384. The van der Waals surface area contributed by atoms with Gasteiger partial charge in [-0.15, -0.1) is 0 Å². The fraction of sp³-hybridized carbons (Fsp3) is 0.185. The minimum Gasteiger partial charge on any atom is -0.462 e. The molecular weight excluding hydrogens is 462 g/mol. The van der Waals surface area contributed by atoms with Crippen molar-refractivity contribution in [2.45, 2.75) is 26.5 Å². The summed E-state index contributed by atoms with van der Waals surface area (Å²) in [6.07, 6.45) is -1.05. The van der Waals surface area contributed by atoms with E-state index >= 15 is 0 Å². The molecule has 1 aromatic heterocycles. The number of nitro groups is 1. The van der Waals surface area contributed by atoms with Gasteiger partial charge in [0.2, 0.25) is 0 Å². The number of benzene rings is 3. The maximum Gasteiger partial charge on any atom is 0.356 e. The second kappa shape index (κ2) is 9.18. The summed E-state index contributed by atoms with van der Waals surface area (Å²) >= 11 is 0. The van der Waals surface area contributed by atoms with E-state index in [4.69, 9.17) is 9.47 Å². The van der Waals surface area contributed by atoms with Crippen LogP contribution in [0.2, 0.25) is 0 Å². The molecule has 0 saturated carbocycles. The number of hydrogen-bond donors (Lipinski definition) is 1. The Morgan fingerprint density at radius 1 is 1.06 bits per heavy atom. The van der Waals surface area contributed by atoms with Crippen molar-refractivity contribution in [2.75, 3.05) is 11.9 Å². The first-order valence-electron chi connectivity index (χ1n) is 11.6. The molecule has 0 amide bonds. The molecule has 182 valence electrons. The number of rotatable bonds is 7. The number of cyclic esters (lactones) is 1. The van der Waals surface area contributed by atoms with Crippen molar-refractivity contribution in [1.29, 1.82) is 0 Å². The molecule has 4 aromatic rings. The first-order valence-corrected chi connectivity index (χ1v) is 11.6. The molecule has 9 nitrogen and oxygen atoms in total. The zero-order chi connectivity index (χ0) is 25.4. The van der Waals surface area contributed by atoms with Crippen molar-refractivity contribution in [1.82, 2.24) is 4.57 Å². The zero-order valence-corrected chi connectivity index (χ0v) is 19.7. The number of fused-ring (bicyclic) bond motifs is 3. The van der Waals surface area contributed by atoms with Crippen LogP contribution >= 0.6 is 0 Å². The summed E-state index contributed by atoms with van der Waals surface area (Å²) in [4.78, 5) is 36.3. The smallest absolute Gasteiger partial charge is 0.356 e. The molecule has 3 aromatic carbocycles. The summed E-state index contributed by atoms with van der Waals surface area (Å²) in [7, 11) is 0. The number of nitrogens with one attached hydrogen (secondary N) is 1. The van der Waals surface area contributed by atoms with Crippen LogP contribution < -0.4 is 5.32 Å². The Bertz CT molecular complexity index is 1550. The summed E-state index contributed by atoms with van der Waals surface area (Å²) in [5, 5.41) is 16.2. The van der Waals surface area contributed by atoms with Gasteiger partial charge in [-0.1, -0.05) is 18.2 Å². The second-order valence-electron chi connectivity index (χ2n) is 8.26. The number of nitrogens with zero attached hydrogens (tertiary/aromatic N) is 2. The molecule has 0 fully saturated rings. The number of aromatic nitrogens is 1. The van der Waals surface area contributed by atoms with E-state index in [1.165, 1.54) is 24.3 Å². The number of para-hydroxylation sites is 1. The maximum atomic E-state index is 12.9. The van der Waals surface area contributed by atoms with Crippen LogP contribution in [0.25, 0.3) is 21.8 Å². The number of carbonyl (C=O) groups excluding carboxylic acids is 2. The molecule has 1 unspecified atom stereocenters. The van der Waals surface area contributed by atoms with Gasteiger partial charge in [0, 0.05) is 46.2 Å². The number of non-ortho nitro benzene ring substituents is 1. The summed E-state index contributed by atoms with van der Waals surface area (Å²) in [6.45, 7) is 4.67. The summed E-state index contributed by atoms with van der Waals surface area (Å²) in [6, 6.07) is 19.4. The average Bonchev–Trinajstić information content (AvgIpc) is 3.38. The van der Waals surface area contributed by atoms with Crippen molar-refractivity contribution < 1.29 is 24.0 Å². The lowest BCUT2D eigenvalue weighted by atomic mass is 10.0. The van der Waals surface area contributed by atoms with Gasteiger partial charge in [0.05, 0.1) is 11.5 Å². The van der Waals surface area contributed by atoms with Gasteiger partial charge in [-0.25, -0.2) is 9.59 Å². The quantitative estimate of drug-likeness (QED) is 0.216. The summed E-state index contributed by atoms with van der Waals surface area (Å²) in [5.74, 6) is -1.41. The van der Waals surface area contributed by atoms with E-state index in [-0.39, 0.29) is 23.6 Å². The van der Waals surface area contributed by atoms with Crippen LogP contribution in [0, 0.1) is 10.1 Å². The first kappa shape index (κ1) is 23.1. The van der Waals surface area contributed by atoms with E-state index < -0.39 is 23.0 Å². The lowest BCUT2D eigenvalue weighted by Crippen LogP contribution is -2.16. The molecule has 0 bridgehead atoms.